The van der Waals surface area contributed by atoms with E-state index in [-0.39, 0.29) is 18.0 Å². The molecule has 2 N–H and O–H groups in total. The van der Waals surface area contributed by atoms with Crippen molar-refractivity contribution in [2.24, 2.45) is 0 Å². The summed E-state index contributed by atoms with van der Waals surface area (Å²) < 4.78 is 10.5. The summed E-state index contributed by atoms with van der Waals surface area (Å²) in [4.78, 5) is 25.7. The first kappa shape index (κ1) is 17.8. The number of para-hydroxylation sites is 2. The standard InChI is InChI=1S/C17H23N3O4/c1-3-9-24-15-7-5-4-6-14(15)19-17(22)18-13-11-16(21)20(12-13)8-10-23-2/h3-7,13H,1,8-12H2,2H3,(H2,18,19,22). The van der Waals surface area contributed by atoms with Crippen molar-refractivity contribution in [2.75, 3.05) is 38.7 Å². The highest BCUT2D eigenvalue weighted by Gasteiger charge is 2.30. The Bertz CT molecular complexity index is 591. The molecule has 24 heavy (non-hydrogen) atoms. The zero-order valence-corrected chi connectivity index (χ0v) is 13.8. The van der Waals surface area contributed by atoms with Crippen LogP contribution in [0, 0.1) is 0 Å². The Hall–Kier alpha value is -2.54. The summed E-state index contributed by atoms with van der Waals surface area (Å²) in [5.41, 5.74) is 0.567. The summed E-state index contributed by atoms with van der Waals surface area (Å²) >= 11 is 0. The molecule has 1 aromatic carbocycles. The fraction of sp³-hybridized carbons (Fsp3) is 0.412. The highest BCUT2D eigenvalue weighted by atomic mass is 16.5. The lowest BCUT2D eigenvalue weighted by Gasteiger charge is -2.17. The van der Waals surface area contributed by atoms with Crippen LogP contribution in [-0.2, 0) is 9.53 Å². The predicted octanol–water partition coefficient (Wildman–Crippen LogP) is 1.62. The minimum absolute atomic E-state index is 0.0204. The van der Waals surface area contributed by atoms with Crippen molar-refractivity contribution in [3.05, 3.63) is 36.9 Å². The van der Waals surface area contributed by atoms with Crippen molar-refractivity contribution in [1.82, 2.24) is 10.2 Å². The number of ether oxygens (including phenoxy) is 2. The zero-order chi connectivity index (χ0) is 17.4. The van der Waals surface area contributed by atoms with Crippen LogP contribution in [0.4, 0.5) is 10.5 Å². The van der Waals surface area contributed by atoms with Gasteiger partial charge in [-0.25, -0.2) is 4.79 Å². The van der Waals surface area contributed by atoms with Crippen LogP contribution in [0.15, 0.2) is 36.9 Å². The van der Waals surface area contributed by atoms with Gasteiger partial charge in [0.25, 0.3) is 0 Å². The third-order valence-corrected chi connectivity index (χ3v) is 3.61. The van der Waals surface area contributed by atoms with E-state index in [0.717, 1.165) is 0 Å². The normalized spacial score (nSPS) is 16.8. The molecule has 1 saturated heterocycles. The number of urea groups is 1. The lowest BCUT2D eigenvalue weighted by atomic mass is 10.2. The van der Waals surface area contributed by atoms with Gasteiger partial charge in [-0.05, 0) is 12.1 Å². The van der Waals surface area contributed by atoms with E-state index in [9.17, 15) is 9.59 Å². The van der Waals surface area contributed by atoms with Crippen molar-refractivity contribution in [2.45, 2.75) is 12.5 Å². The second-order valence-electron chi connectivity index (χ2n) is 5.43. The van der Waals surface area contributed by atoms with Crippen molar-refractivity contribution in [3.8, 4) is 5.75 Å². The fourth-order valence-corrected chi connectivity index (χ4v) is 2.47. The first-order chi connectivity index (χ1) is 11.6. The van der Waals surface area contributed by atoms with Crippen molar-refractivity contribution in [3.63, 3.8) is 0 Å². The van der Waals surface area contributed by atoms with Crippen LogP contribution in [0.1, 0.15) is 6.42 Å². The summed E-state index contributed by atoms with van der Waals surface area (Å²) in [5.74, 6) is 0.587. The predicted molar refractivity (Wildman–Crippen MR) is 91.1 cm³/mol. The smallest absolute Gasteiger partial charge is 0.319 e. The molecular formula is C17H23N3O4. The highest BCUT2D eigenvalue weighted by molar-refractivity contribution is 5.92. The van der Waals surface area contributed by atoms with Gasteiger partial charge in [-0.2, -0.15) is 0 Å². The van der Waals surface area contributed by atoms with Crippen LogP contribution in [0.25, 0.3) is 0 Å². The van der Waals surface area contributed by atoms with Gasteiger partial charge < -0.3 is 25.0 Å². The van der Waals surface area contributed by atoms with Crippen LogP contribution in [0.2, 0.25) is 0 Å². The maximum atomic E-state index is 12.2. The van der Waals surface area contributed by atoms with E-state index in [4.69, 9.17) is 9.47 Å². The van der Waals surface area contributed by atoms with Gasteiger partial charge >= 0.3 is 6.03 Å². The van der Waals surface area contributed by atoms with E-state index < -0.39 is 0 Å². The number of amides is 3. The van der Waals surface area contributed by atoms with E-state index in [1.165, 1.54) is 0 Å². The van der Waals surface area contributed by atoms with Gasteiger partial charge in [-0.3, -0.25) is 4.79 Å². The molecule has 1 aromatic rings. The fourth-order valence-electron chi connectivity index (χ4n) is 2.47. The van der Waals surface area contributed by atoms with Crippen LogP contribution in [-0.4, -0.2) is 56.3 Å². The minimum Gasteiger partial charge on any atom is -0.487 e. The van der Waals surface area contributed by atoms with Crippen LogP contribution < -0.4 is 15.4 Å². The molecular weight excluding hydrogens is 310 g/mol. The average molecular weight is 333 g/mol. The number of likely N-dealkylation sites (tertiary alicyclic amines) is 1. The monoisotopic (exact) mass is 333 g/mol. The first-order valence-electron chi connectivity index (χ1n) is 7.81. The quantitative estimate of drug-likeness (QED) is 0.709. The zero-order valence-electron chi connectivity index (χ0n) is 13.8. The molecule has 1 aliphatic heterocycles. The Morgan fingerprint density at radius 3 is 3.00 bits per heavy atom. The van der Waals surface area contributed by atoms with E-state index in [1.807, 2.05) is 12.1 Å². The number of hydrogen-bond donors (Lipinski definition) is 2. The molecule has 1 fully saturated rings. The number of nitrogens with one attached hydrogen (secondary N) is 2. The summed E-state index contributed by atoms with van der Waals surface area (Å²) in [6.45, 7) is 5.46. The van der Waals surface area contributed by atoms with Gasteiger partial charge in [0, 0.05) is 26.6 Å². The van der Waals surface area contributed by atoms with E-state index in [1.54, 1.807) is 30.2 Å². The molecule has 3 amide bonds. The molecule has 130 valence electrons. The average Bonchev–Trinajstić information content (AvgIpc) is 2.91. The maximum absolute atomic E-state index is 12.2. The molecule has 0 spiro atoms. The van der Waals surface area contributed by atoms with Crippen molar-refractivity contribution < 1.29 is 19.1 Å². The molecule has 1 unspecified atom stereocenters. The van der Waals surface area contributed by atoms with Crippen LogP contribution in [0.3, 0.4) is 0 Å². The topological polar surface area (TPSA) is 79.9 Å². The van der Waals surface area contributed by atoms with Crippen molar-refractivity contribution >= 4 is 17.6 Å². The second kappa shape index (κ2) is 8.93. The van der Waals surface area contributed by atoms with Crippen molar-refractivity contribution in [1.29, 1.82) is 0 Å². The summed E-state index contributed by atoms with van der Waals surface area (Å²) in [5, 5.41) is 5.57. The number of carbonyl (C=O) groups excluding carboxylic acids is 2. The first-order valence-corrected chi connectivity index (χ1v) is 7.81. The Labute approximate surface area is 141 Å². The molecule has 0 radical (unpaired) electrons. The molecule has 2 rings (SSSR count). The van der Waals surface area contributed by atoms with Gasteiger partial charge in [0.2, 0.25) is 5.91 Å². The van der Waals surface area contributed by atoms with Gasteiger partial charge in [-0.1, -0.05) is 24.8 Å². The Balaban J connectivity index is 1.88. The third-order valence-electron chi connectivity index (χ3n) is 3.61. The lowest BCUT2D eigenvalue weighted by molar-refractivity contribution is -0.128. The largest absolute Gasteiger partial charge is 0.487 e. The summed E-state index contributed by atoms with van der Waals surface area (Å²) in [6, 6.07) is 6.58. The van der Waals surface area contributed by atoms with Gasteiger partial charge in [0.05, 0.1) is 18.3 Å². The Morgan fingerprint density at radius 2 is 2.25 bits per heavy atom. The number of benzene rings is 1. The van der Waals surface area contributed by atoms with Crippen LogP contribution >= 0.6 is 0 Å². The van der Waals surface area contributed by atoms with Gasteiger partial charge in [0.1, 0.15) is 12.4 Å². The summed E-state index contributed by atoms with van der Waals surface area (Å²) in [6.07, 6.45) is 1.93. The Morgan fingerprint density at radius 1 is 1.46 bits per heavy atom. The van der Waals surface area contributed by atoms with Crippen LogP contribution in [0.5, 0.6) is 5.75 Å². The molecule has 1 aliphatic rings. The Kier molecular flexibility index (Phi) is 6.62. The molecule has 0 bridgehead atoms. The number of nitrogens with zero attached hydrogens (tertiary/aromatic N) is 1. The van der Waals surface area contributed by atoms with Gasteiger partial charge in [0.15, 0.2) is 0 Å². The molecule has 0 aliphatic carbocycles. The number of rotatable bonds is 8. The lowest BCUT2D eigenvalue weighted by Crippen LogP contribution is -2.40. The number of methoxy groups -OCH3 is 1. The number of anilines is 1. The molecule has 1 heterocycles. The van der Waals surface area contributed by atoms with Gasteiger partial charge in [-0.15, -0.1) is 0 Å². The SMILES string of the molecule is C=CCOc1ccccc1NC(=O)NC1CC(=O)N(CCOC)C1. The molecule has 7 nitrogen and oxygen atoms in total. The summed E-state index contributed by atoms with van der Waals surface area (Å²) in [7, 11) is 1.59. The second-order valence-corrected chi connectivity index (χ2v) is 5.43. The highest BCUT2D eigenvalue weighted by Crippen LogP contribution is 2.23. The molecule has 0 aromatic heterocycles. The van der Waals surface area contributed by atoms with E-state index >= 15 is 0 Å². The number of carbonyl (C=O) groups is 2. The number of hydrogen-bond acceptors (Lipinski definition) is 4. The minimum atomic E-state index is -0.365. The van der Waals surface area contributed by atoms with E-state index in [0.29, 0.717) is 44.2 Å². The third kappa shape index (κ3) is 4.99. The maximum Gasteiger partial charge on any atom is 0.319 e. The molecule has 0 saturated carbocycles. The molecule has 7 heteroatoms. The van der Waals surface area contributed by atoms with E-state index in [2.05, 4.69) is 17.2 Å². The molecule has 1 atom stereocenters.